The van der Waals surface area contributed by atoms with Crippen LogP contribution in [0, 0.1) is 0 Å². The maximum Gasteiger partial charge on any atom is 0.0961 e. The Balaban J connectivity index is 0.00000169. The standard InChI is InChI=1S/C11H19NP.BrH/c1-5-12(13(2,3)4)11-9-7-6-8-10-11;/h6-10H,5H2,1-4H3;1H/q+1;/p-1. The van der Waals surface area contributed by atoms with E-state index in [0.29, 0.717) is 0 Å². The molecule has 3 heteroatoms. The molecule has 0 aliphatic carbocycles. The fourth-order valence-corrected chi connectivity index (χ4v) is 3.23. The number of hydrogen-bond donors (Lipinski definition) is 0. The summed E-state index contributed by atoms with van der Waals surface area (Å²) < 4.78 is 2.51. The van der Waals surface area contributed by atoms with Gasteiger partial charge in [-0.2, -0.15) is 0 Å². The molecule has 0 amide bonds. The number of halogens is 1. The summed E-state index contributed by atoms with van der Waals surface area (Å²) in [5.41, 5.74) is 1.35. The van der Waals surface area contributed by atoms with E-state index < -0.39 is 7.41 Å². The van der Waals surface area contributed by atoms with Gasteiger partial charge in [0.15, 0.2) is 0 Å². The predicted molar refractivity (Wildman–Crippen MR) is 64.2 cm³/mol. The normalized spacial score (nSPS) is 10.6. The monoisotopic (exact) mass is 275 g/mol. The first-order valence-corrected chi connectivity index (χ1v) is 7.78. The van der Waals surface area contributed by atoms with Gasteiger partial charge in [0.25, 0.3) is 0 Å². The minimum atomic E-state index is -0.914. The third kappa shape index (κ3) is 3.59. The highest BCUT2D eigenvalue weighted by molar-refractivity contribution is 7.75. The van der Waals surface area contributed by atoms with Gasteiger partial charge in [0, 0.05) is 0 Å². The zero-order valence-electron chi connectivity index (χ0n) is 9.37. The Labute approximate surface area is 98.7 Å². The molecule has 0 bridgehead atoms. The molecule has 0 spiro atoms. The van der Waals surface area contributed by atoms with Gasteiger partial charge in [-0.1, -0.05) is 18.2 Å². The Morgan fingerprint density at radius 2 is 1.57 bits per heavy atom. The van der Waals surface area contributed by atoms with Crippen molar-refractivity contribution in [2.45, 2.75) is 6.92 Å². The van der Waals surface area contributed by atoms with Crippen molar-refractivity contribution in [2.75, 3.05) is 31.2 Å². The number of anilines is 1. The van der Waals surface area contributed by atoms with Crippen LogP contribution in [0.5, 0.6) is 0 Å². The van der Waals surface area contributed by atoms with Crippen molar-refractivity contribution in [3.8, 4) is 0 Å². The summed E-state index contributed by atoms with van der Waals surface area (Å²) in [6, 6.07) is 10.7. The van der Waals surface area contributed by atoms with Crippen LogP contribution in [0.2, 0.25) is 0 Å². The quantitative estimate of drug-likeness (QED) is 0.720. The lowest BCUT2D eigenvalue weighted by atomic mass is 10.3. The topological polar surface area (TPSA) is 3.24 Å². The summed E-state index contributed by atoms with van der Waals surface area (Å²) in [5.74, 6) is 0. The molecule has 0 unspecified atom stereocenters. The van der Waals surface area contributed by atoms with Gasteiger partial charge in [0.05, 0.1) is 39.6 Å². The molecule has 14 heavy (non-hydrogen) atoms. The number of benzene rings is 1. The summed E-state index contributed by atoms with van der Waals surface area (Å²) in [6.45, 7) is 10.4. The van der Waals surface area contributed by atoms with E-state index in [-0.39, 0.29) is 17.0 Å². The Morgan fingerprint density at radius 3 is 1.93 bits per heavy atom. The maximum absolute atomic E-state index is 2.51. The summed E-state index contributed by atoms with van der Waals surface area (Å²) in [7, 11) is -0.914. The predicted octanol–water partition coefficient (Wildman–Crippen LogP) is 0.339. The van der Waals surface area contributed by atoms with Crippen LogP contribution < -0.4 is 21.7 Å². The van der Waals surface area contributed by atoms with Crippen molar-refractivity contribution >= 4 is 13.1 Å². The molecule has 0 fully saturated rings. The molecule has 1 aromatic carbocycles. The highest BCUT2D eigenvalue weighted by Gasteiger charge is 2.26. The van der Waals surface area contributed by atoms with Crippen molar-refractivity contribution in [2.24, 2.45) is 0 Å². The second-order valence-electron chi connectivity index (χ2n) is 3.99. The van der Waals surface area contributed by atoms with Crippen LogP contribution in [-0.2, 0) is 0 Å². The second kappa shape index (κ2) is 5.72. The van der Waals surface area contributed by atoms with E-state index in [1.165, 1.54) is 5.69 Å². The third-order valence-electron chi connectivity index (χ3n) is 2.08. The van der Waals surface area contributed by atoms with Gasteiger partial charge in [-0.3, -0.25) is 4.67 Å². The van der Waals surface area contributed by atoms with E-state index in [9.17, 15) is 0 Å². The smallest absolute Gasteiger partial charge is 0.0961 e. The molecule has 0 aromatic heterocycles. The lowest BCUT2D eigenvalue weighted by molar-refractivity contribution is -0.00000300. The third-order valence-corrected chi connectivity index (χ3v) is 4.04. The molecule has 80 valence electrons. The first-order valence-electron chi connectivity index (χ1n) is 4.70. The van der Waals surface area contributed by atoms with Gasteiger partial charge in [0.2, 0.25) is 0 Å². The van der Waals surface area contributed by atoms with E-state index >= 15 is 0 Å². The average molecular weight is 276 g/mol. The van der Waals surface area contributed by atoms with E-state index in [4.69, 9.17) is 0 Å². The van der Waals surface area contributed by atoms with Gasteiger partial charge < -0.3 is 17.0 Å². The molecule has 0 heterocycles. The number of nitrogens with zero attached hydrogens (tertiary/aromatic N) is 1. The Hall–Kier alpha value is -0.0700. The Kier molecular flexibility index (Phi) is 5.70. The van der Waals surface area contributed by atoms with Gasteiger partial charge in [-0.15, -0.1) is 0 Å². The zero-order valence-corrected chi connectivity index (χ0v) is 11.8. The molecule has 0 aliphatic rings. The average Bonchev–Trinajstić information content (AvgIpc) is 2.05. The van der Waals surface area contributed by atoms with Crippen LogP contribution in [0.1, 0.15) is 6.92 Å². The van der Waals surface area contributed by atoms with Crippen molar-refractivity contribution in [3.63, 3.8) is 0 Å². The minimum absolute atomic E-state index is 0. The Morgan fingerprint density at radius 1 is 1.07 bits per heavy atom. The zero-order chi connectivity index (χ0) is 9.90. The molecule has 0 atom stereocenters. The molecule has 1 aromatic rings. The van der Waals surface area contributed by atoms with Crippen LogP contribution in [0.15, 0.2) is 30.3 Å². The first kappa shape index (κ1) is 13.9. The molecule has 0 saturated carbocycles. The van der Waals surface area contributed by atoms with Crippen LogP contribution in [0.4, 0.5) is 5.69 Å². The highest BCUT2D eigenvalue weighted by Crippen LogP contribution is 2.52. The van der Waals surface area contributed by atoms with Crippen LogP contribution in [-0.4, -0.2) is 26.5 Å². The largest absolute Gasteiger partial charge is 1.00 e. The molecule has 0 aliphatic heterocycles. The summed E-state index contributed by atoms with van der Waals surface area (Å²) in [5, 5.41) is 0. The van der Waals surface area contributed by atoms with E-state index in [1.54, 1.807) is 0 Å². The van der Waals surface area contributed by atoms with Gasteiger partial charge in [0.1, 0.15) is 0 Å². The fourth-order valence-electron chi connectivity index (χ4n) is 1.55. The lowest BCUT2D eigenvalue weighted by Gasteiger charge is -2.29. The van der Waals surface area contributed by atoms with Crippen LogP contribution >= 0.6 is 7.41 Å². The maximum atomic E-state index is 2.51. The van der Waals surface area contributed by atoms with Gasteiger partial charge >= 0.3 is 0 Å². The molecular weight excluding hydrogens is 257 g/mol. The van der Waals surface area contributed by atoms with Crippen LogP contribution in [0.3, 0.4) is 0 Å². The molecule has 0 radical (unpaired) electrons. The van der Waals surface area contributed by atoms with Gasteiger partial charge in [-0.25, -0.2) is 0 Å². The molecule has 0 saturated heterocycles. The highest BCUT2D eigenvalue weighted by atomic mass is 79.9. The summed E-state index contributed by atoms with van der Waals surface area (Å²) in [6.07, 6.45) is 0. The van der Waals surface area contributed by atoms with Crippen molar-refractivity contribution < 1.29 is 17.0 Å². The van der Waals surface area contributed by atoms with Crippen molar-refractivity contribution in [1.82, 2.24) is 0 Å². The lowest BCUT2D eigenvalue weighted by Crippen LogP contribution is -3.00. The van der Waals surface area contributed by atoms with E-state index in [0.717, 1.165) is 6.54 Å². The number of hydrogen-bond acceptors (Lipinski definition) is 1. The SMILES string of the molecule is CCN(c1ccccc1)[P+](C)(C)C.[Br-]. The minimum Gasteiger partial charge on any atom is -1.00 e. The second-order valence-corrected chi connectivity index (χ2v) is 8.36. The fraction of sp³-hybridized carbons (Fsp3) is 0.455. The first-order chi connectivity index (χ1) is 6.05. The molecule has 0 N–H and O–H groups in total. The van der Waals surface area contributed by atoms with Gasteiger partial charge in [-0.05, 0) is 19.1 Å². The summed E-state index contributed by atoms with van der Waals surface area (Å²) >= 11 is 0. The summed E-state index contributed by atoms with van der Waals surface area (Å²) in [4.78, 5) is 0. The van der Waals surface area contributed by atoms with E-state index in [2.05, 4.69) is 61.9 Å². The van der Waals surface area contributed by atoms with Crippen molar-refractivity contribution in [1.29, 1.82) is 0 Å². The molecule has 1 nitrogen and oxygen atoms in total. The molecular formula is C11H19BrNP. The Bertz CT molecular complexity index is 256. The van der Waals surface area contributed by atoms with E-state index in [1.807, 2.05) is 0 Å². The number of rotatable bonds is 3. The van der Waals surface area contributed by atoms with Crippen molar-refractivity contribution in [3.05, 3.63) is 30.3 Å². The molecule has 1 rings (SSSR count). The van der Waals surface area contributed by atoms with Crippen LogP contribution in [0.25, 0.3) is 0 Å². The number of para-hydroxylation sites is 1.